The van der Waals surface area contributed by atoms with Crippen LogP contribution in [0.5, 0.6) is 5.75 Å². The molecule has 0 saturated heterocycles. The number of H-pyrrole nitrogens is 1. The minimum Gasteiger partial charge on any atom is -0.497 e. The van der Waals surface area contributed by atoms with E-state index in [1.54, 1.807) is 12.3 Å². The number of hydrogen-bond acceptors (Lipinski definition) is 5. The number of ether oxygens (including phenoxy) is 1. The Hall–Kier alpha value is -4.14. The number of para-hydroxylation sites is 1. The zero-order chi connectivity index (χ0) is 22.0. The van der Waals surface area contributed by atoms with Crippen LogP contribution < -0.4 is 10.1 Å². The van der Waals surface area contributed by atoms with Gasteiger partial charge in [-0.15, -0.1) is 0 Å². The van der Waals surface area contributed by atoms with Gasteiger partial charge in [-0.2, -0.15) is 0 Å². The third-order valence-corrected chi connectivity index (χ3v) is 4.89. The molecule has 0 aliphatic carbocycles. The number of carbonyl (C=O) groups excluding carboxylic acids is 1. The highest BCUT2D eigenvalue weighted by Gasteiger charge is 2.25. The zero-order valence-corrected chi connectivity index (χ0v) is 16.4. The molecule has 0 radical (unpaired) electrons. The number of hydrogen-bond donors (Lipinski definition) is 3. The van der Waals surface area contributed by atoms with Gasteiger partial charge < -0.3 is 24.7 Å². The quantitative estimate of drug-likeness (QED) is 0.419. The number of halogens is 1. The van der Waals surface area contributed by atoms with E-state index in [9.17, 15) is 19.1 Å². The van der Waals surface area contributed by atoms with Crippen LogP contribution in [0.4, 0.5) is 4.39 Å². The van der Waals surface area contributed by atoms with Gasteiger partial charge in [0.2, 0.25) is 0 Å². The number of methoxy groups -OCH3 is 1. The van der Waals surface area contributed by atoms with Crippen LogP contribution in [0.3, 0.4) is 0 Å². The maximum atomic E-state index is 14.2. The summed E-state index contributed by atoms with van der Waals surface area (Å²) in [6.07, 6.45) is 1.79. The van der Waals surface area contributed by atoms with Crippen LogP contribution in [0.25, 0.3) is 22.2 Å². The van der Waals surface area contributed by atoms with E-state index in [0.717, 1.165) is 16.5 Å². The molecule has 0 saturated carbocycles. The maximum Gasteiger partial charge on any atom is 0.326 e. The average Bonchev–Trinajstić information content (AvgIpc) is 3.41. The van der Waals surface area contributed by atoms with Crippen LogP contribution in [0, 0.1) is 5.82 Å². The van der Waals surface area contributed by atoms with Gasteiger partial charge in [0.25, 0.3) is 5.91 Å². The van der Waals surface area contributed by atoms with Gasteiger partial charge in [-0.3, -0.25) is 4.79 Å². The summed E-state index contributed by atoms with van der Waals surface area (Å²) in [6.45, 7) is 0. The van der Waals surface area contributed by atoms with Gasteiger partial charge in [0.15, 0.2) is 11.5 Å². The number of aromatic nitrogens is 2. The van der Waals surface area contributed by atoms with Crippen molar-refractivity contribution in [1.82, 2.24) is 15.5 Å². The van der Waals surface area contributed by atoms with Gasteiger partial charge >= 0.3 is 5.97 Å². The lowest BCUT2D eigenvalue weighted by Gasteiger charge is -2.13. The largest absolute Gasteiger partial charge is 0.497 e. The minimum absolute atomic E-state index is 0.0359. The summed E-state index contributed by atoms with van der Waals surface area (Å²) >= 11 is 0. The number of nitrogens with one attached hydrogen (secondary N) is 2. The molecule has 4 rings (SSSR count). The van der Waals surface area contributed by atoms with Crippen molar-refractivity contribution in [2.45, 2.75) is 12.5 Å². The van der Waals surface area contributed by atoms with Gasteiger partial charge in [-0.25, -0.2) is 9.18 Å². The van der Waals surface area contributed by atoms with E-state index in [4.69, 9.17) is 9.26 Å². The van der Waals surface area contributed by atoms with Crippen molar-refractivity contribution in [1.29, 1.82) is 0 Å². The molecule has 3 N–H and O–H groups in total. The van der Waals surface area contributed by atoms with E-state index < -0.39 is 23.7 Å². The third kappa shape index (κ3) is 4.11. The standard InChI is InChI=1S/C22H18FN3O5/c1-30-13-6-7-15(16(23)9-13)20-10-18(26-31-20)21(27)25-19(22(28)29)8-12-11-24-17-5-3-2-4-14(12)17/h2-7,9-11,19,24H,8H2,1H3,(H,25,27)(H,28,29). The molecule has 0 fully saturated rings. The Labute approximate surface area is 175 Å². The first-order valence-corrected chi connectivity index (χ1v) is 9.35. The van der Waals surface area contributed by atoms with E-state index in [1.165, 1.54) is 25.3 Å². The summed E-state index contributed by atoms with van der Waals surface area (Å²) in [7, 11) is 1.42. The second kappa shape index (κ2) is 8.31. The number of aliphatic carboxylic acids is 1. The molecule has 1 unspecified atom stereocenters. The normalized spacial score (nSPS) is 11.9. The Balaban J connectivity index is 1.52. The number of aromatic amines is 1. The Bertz CT molecular complexity index is 1260. The molecule has 9 heteroatoms. The van der Waals surface area contributed by atoms with Crippen LogP contribution in [0.15, 0.2) is 59.3 Å². The number of carboxylic acids is 1. The van der Waals surface area contributed by atoms with Crippen molar-refractivity contribution in [2.24, 2.45) is 0 Å². The highest BCUT2D eigenvalue weighted by molar-refractivity contribution is 5.96. The van der Waals surface area contributed by atoms with Crippen molar-refractivity contribution >= 4 is 22.8 Å². The monoisotopic (exact) mass is 423 g/mol. The Kier molecular flexibility index (Phi) is 5.40. The molecule has 4 aromatic rings. The number of carbonyl (C=O) groups is 2. The average molecular weight is 423 g/mol. The van der Waals surface area contributed by atoms with Gasteiger partial charge in [-0.05, 0) is 23.8 Å². The van der Waals surface area contributed by atoms with E-state index in [2.05, 4.69) is 15.5 Å². The van der Waals surface area contributed by atoms with Crippen LogP contribution in [0.2, 0.25) is 0 Å². The van der Waals surface area contributed by atoms with E-state index in [1.807, 2.05) is 24.3 Å². The predicted octanol–water partition coefficient (Wildman–Crippen LogP) is 3.40. The Morgan fingerprint density at radius 2 is 2.06 bits per heavy atom. The van der Waals surface area contributed by atoms with Crippen molar-refractivity contribution in [2.75, 3.05) is 7.11 Å². The highest BCUT2D eigenvalue weighted by Crippen LogP contribution is 2.27. The molecule has 1 atom stereocenters. The lowest BCUT2D eigenvalue weighted by molar-refractivity contribution is -0.139. The molecule has 0 aliphatic rings. The number of rotatable bonds is 7. The molecule has 1 amide bonds. The summed E-state index contributed by atoms with van der Waals surface area (Å²) in [6, 6.07) is 11.7. The summed E-state index contributed by atoms with van der Waals surface area (Å²) in [5.74, 6) is -2.17. The van der Waals surface area contributed by atoms with Crippen LogP contribution in [-0.2, 0) is 11.2 Å². The Morgan fingerprint density at radius 3 is 2.81 bits per heavy atom. The molecule has 8 nitrogen and oxygen atoms in total. The van der Waals surface area contributed by atoms with Crippen molar-refractivity contribution in [3.05, 3.63) is 71.8 Å². The fraction of sp³-hybridized carbons (Fsp3) is 0.136. The molecule has 0 bridgehead atoms. The fourth-order valence-corrected chi connectivity index (χ4v) is 3.28. The lowest BCUT2D eigenvalue weighted by atomic mass is 10.0. The molecule has 158 valence electrons. The number of nitrogens with zero attached hydrogens (tertiary/aromatic N) is 1. The first-order chi connectivity index (χ1) is 15.0. The van der Waals surface area contributed by atoms with Crippen molar-refractivity contribution in [3.8, 4) is 17.1 Å². The smallest absolute Gasteiger partial charge is 0.326 e. The van der Waals surface area contributed by atoms with Gasteiger partial charge in [-0.1, -0.05) is 23.4 Å². The van der Waals surface area contributed by atoms with Gasteiger partial charge in [0.1, 0.15) is 17.6 Å². The number of amides is 1. The summed E-state index contributed by atoms with van der Waals surface area (Å²) in [5, 5.41) is 16.6. The molecular weight excluding hydrogens is 405 g/mol. The summed E-state index contributed by atoms with van der Waals surface area (Å²) < 4.78 is 24.3. The number of carboxylic acid groups (broad SMARTS) is 1. The first kappa shape index (κ1) is 20.1. The number of benzene rings is 2. The van der Waals surface area contributed by atoms with E-state index >= 15 is 0 Å². The maximum absolute atomic E-state index is 14.2. The summed E-state index contributed by atoms with van der Waals surface area (Å²) in [4.78, 5) is 27.4. The van der Waals surface area contributed by atoms with Gasteiger partial charge in [0.05, 0.1) is 12.7 Å². The first-order valence-electron chi connectivity index (χ1n) is 9.35. The van der Waals surface area contributed by atoms with Crippen LogP contribution in [0.1, 0.15) is 16.1 Å². The zero-order valence-electron chi connectivity index (χ0n) is 16.4. The minimum atomic E-state index is -1.19. The highest BCUT2D eigenvalue weighted by atomic mass is 19.1. The SMILES string of the molecule is COc1ccc(-c2cc(C(=O)NC(Cc3c[nH]c4ccccc34)C(=O)O)no2)c(F)c1. The molecule has 31 heavy (non-hydrogen) atoms. The molecule has 0 spiro atoms. The molecular formula is C22H18FN3O5. The molecule has 2 aromatic heterocycles. The Morgan fingerprint density at radius 1 is 1.26 bits per heavy atom. The van der Waals surface area contributed by atoms with Crippen LogP contribution in [-0.4, -0.2) is 40.3 Å². The van der Waals surface area contributed by atoms with Crippen molar-refractivity contribution in [3.63, 3.8) is 0 Å². The lowest BCUT2D eigenvalue weighted by Crippen LogP contribution is -2.42. The molecule has 0 aliphatic heterocycles. The topological polar surface area (TPSA) is 117 Å². The third-order valence-electron chi connectivity index (χ3n) is 4.89. The number of fused-ring (bicyclic) bond motifs is 1. The molecule has 2 heterocycles. The summed E-state index contributed by atoms with van der Waals surface area (Å²) in [5.41, 5.74) is 1.57. The molecule has 2 aromatic carbocycles. The second-order valence-corrected chi connectivity index (χ2v) is 6.85. The van der Waals surface area contributed by atoms with E-state index in [0.29, 0.717) is 5.75 Å². The van der Waals surface area contributed by atoms with Crippen LogP contribution >= 0.6 is 0 Å². The second-order valence-electron chi connectivity index (χ2n) is 6.85. The predicted molar refractivity (Wildman–Crippen MR) is 109 cm³/mol. The van der Waals surface area contributed by atoms with E-state index in [-0.39, 0.29) is 23.4 Å². The van der Waals surface area contributed by atoms with Gasteiger partial charge in [0, 0.05) is 35.7 Å². The van der Waals surface area contributed by atoms with Crippen molar-refractivity contribution < 1.29 is 28.3 Å². The fourth-order valence-electron chi connectivity index (χ4n) is 3.28.